The maximum atomic E-state index is 12.2. The van der Waals surface area contributed by atoms with Gasteiger partial charge in [0.05, 0.1) is 17.1 Å². The Morgan fingerprint density at radius 2 is 1.57 bits per heavy atom. The summed E-state index contributed by atoms with van der Waals surface area (Å²) in [6, 6.07) is 12.6. The van der Waals surface area contributed by atoms with Crippen LogP contribution in [0.1, 0.15) is 29.3 Å². The Morgan fingerprint density at radius 3 is 2.14 bits per heavy atom. The lowest BCUT2D eigenvalue weighted by atomic mass is 10.1. The summed E-state index contributed by atoms with van der Waals surface area (Å²) in [5.41, 5.74) is 1.90. The van der Waals surface area contributed by atoms with Crippen LogP contribution in [0.2, 0.25) is 0 Å². The van der Waals surface area contributed by atoms with Gasteiger partial charge in [-0.25, -0.2) is 8.42 Å². The Balaban J connectivity index is 1.79. The van der Waals surface area contributed by atoms with E-state index in [4.69, 9.17) is 4.74 Å². The van der Waals surface area contributed by atoms with Crippen molar-refractivity contribution in [1.82, 2.24) is 0 Å². The number of nitrogens with one attached hydrogen (secondary N) is 1. The molecule has 0 unspecified atom stereocenters. The predicted molar refractivity (Wildman–Crippen MR) is 104 cm³/mol. The van der Waals surface area contributed by atoms with Crippen LogP contribution in [0.5, 0.6) is 0 Å². The number of carbonyl (C=O) groups excluding carboxylic acids is 3. The number of ketones is 1. The number of hydrogen-bond donors (Lipinski definition) is 1. The third-order valence-corrected chi connectivity index (χ3v) is 5.63. The highest BCUT2D eigenvalue weighted by Gasteiger charge is 2.17. The second-order valence-corrected chi connectivity index (χ2v) is 8.33. The minimum Gasteiger partial charge on any atom is -0.456 e. The topological polar surface area (TPSA) is 107 Å². The largest absolute Gasteiger partial charge is 0.456 e. The number of carbonyl (C=O) groups is 3. The number of Topliss-reactive ketones (excluding diaryl/α,β-unsaturated/α-hetero) is 1. The van der Waals surface area contributed by atoms with Crippen LogP contribution < -0.4 is 5.32 Å². The van der Waals surface area contributed by atoms with Gasteiger partial charge in [0.25, 0.3) is 5.91 Å². The molecule has 148 valence electrons. The van der Waals surface area contributed by atoms with E-state index in [9.17, 15) is 22.8 Å². The molecular weight excluding hydrogens is 382 g/mol. The Hall–Kier alpha value is -3.00. The number of esters is 1. The summed E-state index contributed by atoms with van der Waals surface area (Å²) in [5.74, 6) is -1.83. The zero-order valence-corrected chi connectivity index (χ0v) is 16.4. The lowest BCUT2D eigenvalue weighted by Gasteiger charge is -2.08. The van der Waals surface area contributed by atoms with E-state index < -0.39 is 34.1 Å². The van der Waals surface area contributed by atoms with Crippen LogP contribution in [0, 0.1) is 6.92 Å². The average Bonchev–Trinajstić information content (AvgIpc) is 2.65. The first-order valence-electron chi connectivity index (χ1n) is 8.53. The predicted octanol–water partition coefficient (Wildman–Crippen LogP) is 2.54. The van der Waals surface area contributed by atoms with E-state index in [1.54, 1.807) is 36.4 Å². The second-order valence-electron chi connectivity index (χ2n) is 6.22. The van der Waals surface area contributed by atoms with Crippen LogP contribution in [-0.4, -0.2) is 38.4 Å². The summed E-state index contributed by atoms with van der Waals surface area (Å²) in [6.45, 7) is 2.75. The zero-order valence-electron chi connectivity index (χ0n) is 15.6. The van der Waals surface area contributed by atoms with Crippen LogP contribution in [0.25, 0.3) is 0 Å². The van der Waals surface area contributed by atoms with Gasteiger partial charge in [-0.15, -0.1) is 0 Å². The molecule has 2 rings (SSSR count). The van der Waals surface area contributed by atoms with Gasteiger partial charge in [-0.05, 0) is 50.2 Å². The lowest BCUT2D eigenvalue weighted by Crippen LogP contribution is -2.22. The molecule has 0 aromatic heterocycles. The summed E-state index contributed by atoms with van der Waals surface area (Å²) in [5, 5.41) is 2.52. The number of hydrogen-bond acceptors (Lipinski definition) is 6. The third kappa shape index (κ3) is 6.31. The molecule has 0 bridgehead atoms. The molecule has 1 N–H and O–H groups in total. The van der Waals surface area contributed by atoms with Gasteiger partial charge in [-0.3, -0.25) is 14.4 Å². The third-order valence-electron chi connectivity index (χ3n) is 3.89. The van der Waals surface area contributed by atoms with E-state index >= 15 is 0 Å². The molecular formula is C20H21NO6S. The molecule has 28 heavy (non-hydrogen) atoms. The van der Waals surface area contributed by atoms with E-state index in [1.165, 1.54) is 19.1 Å². The molecule has 7 nitrogen and oxygen atoms in total. The first-order valence-corrected chi connectivity index (χ1v) is 10.2. The molecule has 0 aliphatic rings. The molecule has 0 saturated carbocycles. The number of rotatable bonds is 8. The minimum absolute atomic E-state index is 0.0904. The standard InChI is InChI=1S/C20H21NO6S/c1-14-3-9-18(10-4-14)28(25,26)12-11-20(24)27-13-19(23)21-17-7-5-16(6-8-17)15(2)22/h3-10H,11-13H2,1-2H3,(H,21,23). The molecule has 1 amide bonds. The van der Waals surface area contributed by atoms with Crippen molar-refractivity contribution in [2.75, 3.05) is 17.7 Å². The quantitative estimate of drug-likeness (QED) is 0.536. The van der Waals surface area contributed by atoms with Gasteiger partial charge < -0.3 is 10.1 Å². The van der Waals surface area contributed by atoms with E-state index in [-0.39, 0.29) is 17.1 Å². The molecule has 0 aliphatic heterocycles. The Labute approximate surface area is 163 Å². The molecule has 0 saturated heterocycles. The van der Waals surface area contributed by atoms with Crippen molar-refractivity contribution >= 4 is 33.2 Å². The fourth-order valence-corrected chi connectivity index (χ4v) is 3.51. The molecule has 0 atom stereocenters. The molecule has 8 heteroatoms. The maximum Gasteiger partial charge on any atom is 0.307 e. The molecule has 2 aromatic carbocycles. The van der Waals surface area contributed by atoms with Gasteiger partial charge in [0.2, 0.25) is 0 Å². The van der Waals surface area contributed by atoms with Crippen LogP contribution in [0.15, 0.2) is 53.4 Å². The van der Waals surface area contributed by atoms with Crippen LogP contribution in [0.4, 0.5) is 5.69 Å². The number of aryl methyl sites for hydroxylation is 1. The summed E-state index contributed by atoms with van der Waals surface area (Å²) in [4.78, 5) is 34.9. The van der Waals surface area contributed by atoms with Crippen molar-refractivity contribution in [3.8, 4) is 0 Å². The Morgan fingerprint density at radius 1 is 0.964 bits per heavy atom. The number of amides is 1. The smallest absolute Gasteiger partial charge is 0.307 e. The van der Waals surface area contributed by atoms with Crippen molar-refractivity contribution in [2.45, 2.75) is 25.2 Å². The average molecular weight is 403 g/mol. The maximum absolute atomic E-state index is 12.2. The summed E-state index contributed by atoms with van der Waals surface area (Å²) in [6.07, 6.45) is -0.350. The first-order chi connectivity index (χ1) is 13.2. The number of benzene rings is 2. The van der Waals surface area contributed by atoms with Gasteiger partial charge >= 0.3 is 5.97 Å². The fourth-order valence-electron chi connectivity index (χ4n) is 2.28. The minimum atomic E-state index is -3.60. The molecule has 0 fully saturated rings. The van der Waals surface area contributed by atoms with E-state index in [0.29, 0.717) is 11.3 Å². The molecule has 2 aromatic rings. The fraction of sp³-hybridized carbons (Fsp3) is 0.250. The first kappa shape index (κ1) is 21.3. The van der Waals surface area contributed by atoms with Crippen molar-refractivity contribution in [2.24, 2.45) is 0 Å². The van der Waals surface area contributed by atoms with Crippen LogP contribution >= 0.6 is 0 Å². The highest BCUT2D eigenvalue weighted by Crippen LogP contribution is 2.13. The highest BCUT2D eigenvalue weighted by atomic mass is 32.2. The van der Waals surface area contributed by atoms with E-state index in [0.717, 1.165) is 5.56 Å². The Kier molecular flexibility index (Phi) is 7.06. The van der Waals surface area contributed by atoms with Crippen LogP contribution in [0.3, 0.4) is 0 Å². The van der Waals surface area contributed by atoms with Gasteiger partial charge in [0.15, 0.2) is 22.2 Å². The number of ether oxygens (including phenoxy) is 1. The monoisotopic (exact) mass is 403 g/mol. The van der Waals surface area contributed by atoms with Gasteiger partial charge in [-0.2, -0.15) is 0 Å². The molecule has 0 heterocycles. The van der Waals surface area contributed by atoms with Crippen molar-refractivity contribution in [3.05, 3.63) is 59.7 Å². The van der Waals surface area contributed by atoms with Crippen molar-refractivity contribution < 1.29 is 27.5 Å². The van der Waals surface area contributed by atoms with E-state index in [1.807, 2.05) is 6.92 Å². The van der Waals surface area contributed by atoms with Gasteiger partial charge in [0.1, 0.15) is 0 Å². The van der Waals surface area contributed by atoms with Gasteiger partial charge in [-0.1, -0.05) is 17.7 Å². The van der Waals surface area contributed by atoms with Gasteiger partial charge in [0, 0.05) is 11.3 Å². The molecule has 0 radical (unpaired) electrons. The highest BCUT2D eigenvalue weighted by molar-refractivity contribution is 7.91. The number of anilines is 1. The summed E-state index contributed by atoms with van der Waals surface area (Å²) < 4.78 is 29.2. The van der Waals surface area contributed by atoms with E-state index in [2.05, 4.69) is 5.32 Å². The summed E-state index contributed by atoms with van der Waals surface area (Å²) >= 11 is 0. The summed E-state index contributed by atoms with van der Waals surface area (Å²) in [7, 11) is -3.60. The SMILES string of the molecule is CC(=O)c1ccc(NC(=O)COC(=O)CCS(=O)(=O)c2ccc(C)cc2)cc1. The molecule has 0 aliphatic carbocycles. The van der Waals surface area contributed by atoms with Crippen LogP contribution in [-0.2, 0) is 24.2 Å². The number of sulfone groups is 1. The zero-order chi connectivity index (χ0) is 20.7. The molecule has 0 spiro atoms. The van der Waals surface area contributed by atoms with Crippen molar-refractivity contribution in [3.63, 3.8) is 0 Å². The Bertz CT molecular complexity index is 963. The van der Waals surface area contributed by atoms with Crippen molar-refractivity contribution in [1.29, 1.82) is 0 Å². The second kappa shape index (κ2) is 9.27. The lowest BCUT2D eigenvalue weighted by molar-refractivity contribution is -0.146. The normalized spacial score (nSPS) is 10.9.